The first kappa shape index (κ1) is 19.3. The van der Waals surface area contributed by atoms with E-state index in [2.05, 4.69) is 5.32 Å². The standard InChI is InChI=1S/C24H17FN2O3S/c25-19-3-1-2-18(10-19)23(28)26-12-15-4-6-16(7-5-15)24-27-20(13-31-24)17-8-9-21-22(11-17)30-14-29-21/h1-11,13H,12,14H2,(H,26,28). The fourth-order valence-corrected chi connectivity index (χ4v) is 4.11. The highest BCUT2D eigenvalue weighted by atomic mass is 32.1. The van der Waals surface area contributed by atoms with Crippen LogP contribution < -0.4 is 14.8 Å². The van der Waals surface area contributed by atoms with Crippen LogP contribution in [-0.2, 0) is 6.54 Å². The molecule has 0 unspecified atom stereocenters. The van der Waals surface area contributed by atoms with E-state index in [4.69, 9.17) is 14.5 Å². The lowest BCUT2D eigenvalue weighted by Gasteiger charge is -2.06. The highest BCUT2D eigenvalue weighted by Crippen LogP contribution is 2.37. The topological polar surface area (TPSA) is 60.5 Å². The highest BCUT2D eigenvalue weighted by molar-refractivity contribution is 7.13. The zero-order chi connectivity index (χ0) is 21.2. The van der Waals surface area contributed by atoms with Crippen molar-refractivity contribution in [1.82, 2.24) is 10.3 Å². The van der Waals surface area contributed by atoms with Crippen molar-refractivity contribution in [3.05, 3.63) is 89.1 Å². The van der Waals surface area contributed by atoms with Crippen LogP contribution in [0.5, 0.6) is 11.5 Å². The van der Waals surface area contributed by atoms with Crippen LogP contribution in [0.1, 0.15) is 15.9 Å². The highest BCUT2D eigenvalue weighted by Gasteiger charge is 2.15. The summed E-state index contributed by atoms with van der Waals surface area (Å²) in [6, 6.07) is 19.3. The molecule has 0 bridgehead atoms. The second kappa shape index (κ2) is 8.20. The molecule has 7 heteroatoms. The van der Waals surface area contributed by atoms with Crippen molar-refractivity contribution in [3.63, 3.8) is 0 Å². The Hall–Kier alpha value is -3.71. The van der Waals surface area contributed by atoms with E-state index >= 15 is 0 Å². The minimum Gasteiger partial charge on any atom is -0.454 e. The number of hydrogen-bond acceptors (Lipinski definition) is 5. The van der Waals surface area contributed by atoms with Crippen LogP contribution in [0.2, 0.25) is 0 Å². The quantitative estimate of drug-likeness (QED) is 0.466. The SMILES string of the molecule is O=C(NCc1ccc(-c2nc(-c3ccc4c(c3)OCO4)cs2)cc1)c1cccc(F)c1. The average Bonchev–Trinajstić information content (AvgIpc) is 3.47. The third-order valence-electron chi connectivity index (χ3n) is 4.91. The van der Waals surface area contributed by atoms with Gasteiger partial charge in [-0.1, -0.05) is 30.3 Å². The first-order chi connectivity index (χ1) is 15.2. The van der Waals surface area contributed by atoms with E-state index < -0.39 is 5.82 Å². The van der Waals surface area contributed by atoms with Crippen molar-refractivity contribution >= 4 is 17.2 Å². The largest absolute Gasteiger partial charge is 0.454 e. The van der Waals surface area contributed by atoms with Crippen LogP contribution >= 0.6 is 11.3 Å². The molecule has 0 saturated carbocycles. The maximum Gasteiger partial charge on any atom is 0.251 e. The first-order valence-corrected chi connectivity index (χ1v) is 10.5. The van der Waals surface area contributed by atoms with Gasteiger partial charge in [0.15, 0.2) is 11.5 Å². The average molecular weight is 432 g/mol. The third kappa shape index (κ3) is 4.13. The lowest BCUT2D eigenvalue weighted by Crippen LogP contribution is -2.22. The Balaban J connectivity index is 1.26. The van der Waals surface area contributed by atoms with Crippen LogP contribution in [0.25, 0.3) is 21.8 Å². The van der Waals surface area contributed by atoms with Gasteiger partial charge < -0.3 is 14.8 Å². The minimum absolute atomic E-state index is 0.246. The van der Waals surface area contributed by atoms with E-state index in [0.29, 0.717) is 12.1 Å². The molecule has 31 heavy (non-hydrogen) atoms. The number of amides is 1. The number of rotatable bonds is 5. The van der Waals surface area contributed by atoms with Crippen LogP contribution in [-0.4, -0.2) is 17.7 Å². The Labute approximate surface area is 182 Å². The summed E-state index contributed by atoms with van der Waals surface area (Å²) in [6.45, 7) is 0.603. The second-order valence-electron chi connectivity index (χ2n) is 7.00. The number of fused-ring (bicyclic) bond motifs is 1. The molecule has 154 valence electrons. The zero-order valence-corrected chi connectivity index (χ0v) is 17.1. The molecule has 5 rings (SSSR count). The number of nitrogens with zero attached hydrogens (tertiary/aromatic N) is 1. The number of halogens is 1. The van der Waals surface area contributed by atoms with Crippen molar-refractivity contribution in [2.75, 3.05) is 6.79 Å². The van der Waals surface area contributed by atoms with Crippen molar-refractivity contribution < 1.29 is 18.7 Å². The molecule has 1 aromatic heterocycles. The molecule has 4 aromatic rings. The summed E-state index contributed by atoms with van der Waals surface area (Å²) in [6.07, 6.45) is 0. The molecule has 2 heterocycles. The molecule has 3 aromatic carbocycles. The summed E-state index contributed by atoms with van der Waals surface area (Å²) >= 11 is 1.57. The molecule has 0 fully saturated rings. The monoisotopic (exact) mass is 432 g/mol. The van der Waals surface area contributed by atoms with Crippen molar-refractivity contribution in [2.24, 2.45) is 0 Å². The maximum atomic E-state index is 13.3. The van der Waals surface area contributed by atoms with E-state index in [1.807, 2.05) is 47.8 Å². The van der Waals surface area contributed by atoms with Crippen molar-refractivity contribution in [2.45, 2.75) is 6.54 Å². The van der Waals surface area contributed by atoms with Gasteiger partial charge in [0.25, 0.3) is 5.91 Å². The van der Waals surface area contributed by atoms with E-state index in [1.54, 1.807) is 17.4 Å². The van der Waals surface area contributed by atoms with Crippen LogP contribution in [0.4, 0.5) is 4.39 Å². The Morgan fingerprint density at radius 3 is 2.65 bits per heavy atom. The molecular formula is C24H17FN2O3S. The maximum absolute atomic E-state index is 13.3. The first-order valence-electron chi connectivity index (χ1n) is 9.64. The smallest absolute Gasteiger partial charge is 0.251 e. The summed E-state index contributed by atoms with van der Waals surface area (Å²) in [7, 11) is 0. The van der Waals surface area contributed by atoms with Crippen LogP contribution in [0, 0.1) is 5.82 Å². The predicted octanol–water partition coefficient (Wildman–Crippen LogP) is 5.27. The molecule has 1 N–H and O–H groups in total. The van der Waals surface area contributed by atoms with E-state index in [0.717, 1.165) is 38.9 Å². The molecule has 0 aliphatic carbocycles. The molecule has 0 atom stereocenters. The molecule has 1 aliphatic rings. The normalized spacial score (nSPS) is 12.0. The van der Waals surface area contributed by atoms with Gasteiger partial charge >= 0.3 is 0 Å². The number of ether oxygens (including phenoxy) is 2. The predicted molar refractivity (Wildman–Crippen MR) is 117 cm³/mol. The zero-order valence-electron chi connectivity index (χ0n) is 16.3. The molecule has 1 aliphatic heterocycles. The fraction of sp³-hybridized carbons (Fsp3) is 0.0833. The summed E-state index contributed by atoms with van der Waals surface area (Å²) in [4.78, 5) is 16.9. The number of carbonyl (C=O) groups excluding carboxylic acids is 1. The van der Waals surface area contributed by atoms with Gasteiger partial charge in [0.05, 0.1) is 5.69 Å². The number of nitrogens with one attached hydrogen (secondary N) is 1. The Morgan fingerprint density at radius 2 is 1.81 bits per heavy atom. The van der Waals surface area contributed by atoms with Crippen molar-refractivity contribution in [1.29, 1.82) is 0 Å². The van der Waals surface area contributed by atoms with Gasteiger partial charge in [-0.2, -0.15) is 0 Å². The molecular weight excluding hydrogens is 415 g/mol. The Kier molecular flexibility index (Phi) is 5.09. The van der Waals surface area contributed by atoms with E-state index in [-0.39, 0.29) is 12.7 Å². The minimum atomic E-state index is -0.430. The third-order valence-corrected chi connectivity index (χ3v) is 5.80. The van der Waals surface area contributed by atoms with E-state index in [1.165, 1.54) is 18.2 Å². The van der Waals surface area contributed by atoms with Crippen LogP contribution in [0.15, 0.2) is 72.1 Å². The summed E-state index contributed by atoms with van der Waals surface area (Å²) in [5.74, 6) is 0.744. The molecule has 0 saturated heterocycles. The number of benzene rings is 3. The van der Waals surface area contributed by atoms with Gasteiger partial charge in [-0.3, -0.25) is 4.79 Å². The van der Waals surface area contributed by atoms with Gasteiger partial charge in [0, 0.05) is 28.6 Å². The number of hydrogen-bond donors (Lipinski definition) is 1. The Bertz CT molecular complexity index is 1250. The van der Waals surface area contributed by atoms with Crippen LogP contribution in [0.3, 0.4) is 0 Å². The molecule has 1 amide bonds. The van der Waals surface area contributed by atoms with Gasteiger partial charge in [0.1, 0.15) is 10.8 Å². The molecule has 0 spiro atoms. The lowest BCUT2D eigenvalue weighted by atomic mass is 10.1. The Morgan fingerprint density at radius 1 is 1.00 bits per heavy atom. The van der Waals surface area contributed by atoms with Gasteiger partial charge in [-0.05, 0) is 42.0 Å². The van der Waals surface area contributed by atoms with E-state index in [9.17, 15) is 9.18 Å². The lowest BCUT2D eigenvalue weighted by molar-refractivity contribution is 0.0950. The fourth-order valence-electron chi connectivity index (χ4n) is 3.27. The molecule has 0 radical (unpaired) electrons. The summed E-state index contributed by atoms with van der Waals surface area (Å²) in [5, 5.41) is 5.73. The number of aromatic nitrogens is 1. The van der Waals surface area contributed by atoms with Gasteiger partial charge in [-0.25, -0.2) is 9.37 Å². The number of carbonyl (C=O) groups is 1. The summed E-state index contributed by atoms with van der Waals surface area (Å²) < 4.78 is 24.1. The number of thiazole rings is 1. The van der Waals surface area contributed by atoms with Crippen molar-refractivity contribution in [3.8, 4) is 33.3 Å². The van der Waals surface area contributed by atoms with Gasteiger partial charge in [0.2, 0.25) is 6.79 Å². The molecule has 5 nitrogen and oxygen atoms in total. The summed E-state index contributed by atoms with van der Waals surface area (Å²) in [5.41, 5.74) is 4.10. The van der Waals surface area contributed by atoms with Gasteiger partial charge in [-0.15, -0.1) is 11.3 Å². The second-order valence-corrected chi connectivity index (χ2v) is 7.85.